The van der Waals surface area contributed by atoms with Gasteiger partial charge in [0.25, 0.3) is 0 Å². The fraction of sp³-hybridized carbons (Fsp3) is 0.647. The first-order valence-electron chi connectivity index (χ1n) is 8.61. The number of nitrogens with zero attached hydrogens (tertiary/aromatic N) is 1. The van der Waals surface area contributed by atoms with Crippen LogP contribution in [0.3, 0.4) is 0 Å². The van der Waals surface area contributed by atoms with Gasteiger partial charge in [-0.1, -0.05) is 0 Å². The number of furan rings is 1. The first kappa shape index (κ1) is 21.8. The summed E-state index contributed by atoms with van der Waals surface area (Å²) < 4.78 is 10.7. The molecule has 1 aliphatic heterocycles. The lowest BCUT2D eigenvalue weighted by Gasteiger charge is -2.13. The van der Waals surface area contributed by atoms with Crippen molar-refractivity contribution in [3.8, 4) is 0 Å². The highest BCUT2D eigenvalue weighted by Crippen LogP contribution is 2.11. The van der Waals surface area contributed by atoms with E-state index in [1.54, 1.807) is 6.26 Å². The molecule has 8 heteroatoms. The second-order valence-electron chi connectivity index (χ2n) is 5.94. The Labute approximate surface area is 166 Å². The van der Waals surface area contributed by atoms with Crippen molar-refractivity contribution in [1.82, 2.24) is 16.0 Å². The van der Waals surface area contributed by atoms with Crippen LogP contribution in [-0.4, -0.2) is 51.3 Å². The van der Waals surface area contributed by atoms with E-state index >= 15 is 0 Å². The largest absolute Gasteiger partial charge is 0.469 e. The Bertz CT molecular complexity index is 502. The van der Waals surface area contributed by atoms with Gasteiger partial charge in [0.05, 0.1) is 12.9 Å². The molecule has 3 N–H and O–H groups in total. The molecule has 0 aromatic carbocycles. The molecule has 0 radical (unpaired) electrons. The van der Waals surface area contributed by atoms with Crippen LogP contribution in [0.5, 0.6) is 0 Å². The Morgan fingerprint density at radius 3 is 2.76 bits per heavy atom. The van der Waals surface area contributed by atoms with Gasteiger partial charge in [0.1, 0.15) is 5.76 Å². The SMILES string of the molecule is CC(=O)NCCCNC(=NCC1CCOC1)NCCc1ccco1.I. The van der Waals surface area contributed by atoms with Crippen LogP contribution < -0.4 is 16.0 Å². The molecule has 1 amide bonds. The number of carbonyl (C=O) groups is 1. The lowest BCUT2D eigenvalue weighted by atomic mass is 10.1. The summed E-state index contributed by atoms with van der Waals surface area (Å²) in [6.07, 6.45) is 4.42. The van der Waals surface area contributed by atoms with Gasteiger partial charge in [-0.05, 0) is 25.0 Å². The third-order valence-corrected chi connectivity index (χ3v) is 3.80. The molecule has 2 rings (SSSR count). The predicted molar refractivity (Wildman–Crippen MR) is 108 cm³/mol. The van der Waals surface area contributed by atoms with Crippen molar-refractivity contribution in [2.75, 3.05) is 39.4 Å². The second-order valence-corrected chi connectivity index (χ2v) is 5.94. The molecule has 7 nitrogen and oxygen atoms in total. The van der Waals surface area contributed by atoms with E-state index in [-0.39, 0.29) is 29.9 Å². The van der Waals surface area contributed by atoms with Crippen LogP contribution in [0.15, 0.2) is 27.8 Å². The quantitative estimate of drug-likeness (QED) is 0.223. The molecule has 2 heterocycles. The summed E-state index contributed by atoms with van der Waals surface area (Å²) in [5.74, 6) is 2.27. The van der Waals surface area contributed by atoms with Crippen LogP contribution in [0.4, 0.5) is 0 Å². The summed E-state index contributed by atoms with van der Waals surface area (Å²) in [6, 6.07) is 3.86. The third-order valence-electron chi connectivity index (χ3n) is 3.80. The van der Waals surface area contributed by atoms with Gasteiger partial charge in [-0.2, -0.15) is 0 Å². The molecule has 1 aliphatic rings. The smallest absolute Gasteiger partial charge is 0.216 e. The first-order valence-corrected chi connectivity index (χ1v) is 8.61. The minimum atomic E-state index is 0. The van der Waals surface area contributed by atoms with Crippen LogP contribution >= 0.6 is 24.0 Å². The van der Waals surface area contributed by atoms with Crippen LogP contribution in [0.1, 0.15) is 25.5 Å². The molecule has 0 aliphatic carbocycles. The van der Waals surface area contributed by atoms with Crippen LogP contribution in [0.25, 0.3) is 0 Å². The lowest BCUT2D eigenvalue weighted by molar-refractivity contribution is -0.118. The minimum Gasteiger partial charge on any atom is -0.469 e. The molecule has 142 valence electrons. The lowest BCUT2D eigenvalue weighted by Crippen LogP contribution is -2.40. The molecule has 0 saturated carbocycles. The molecule has 1 saturated heterocycles. The number of amides is 1. The zero-order valence-electron chi connectivity index (χ0n) is 14.8. The number of carbonyl (C=O) groups excluding carboxylic acids is 1. The van der Waals surface area contributed by atoms with E-state index < -0.39 is 0 Å². The van der Waals surface area contributed by atoms with Gasteiger partial charge in [-0.15, -0.1) is 24.0 Å². The van der Waals surface area contributed by atoms with Gasteiger partial charge in [0, 0.05) is 52.0 Å². The Morgan fingerprint density at radius 1 is 1.28 bits per heavy atom. The van der Waals surface area contributed by atoms with Crippen molar-refractivity contribution in [3.63, 3.8) is 0 Å². The Balaban J connectivity index is 0.00000312. The molecule has 0 bridgehead atoms. The Kier molecular flexibility index (Phi) is 11.3. The van der Waals surface area contributed by atoms with E-state index in [1.165, 1.54) is 6.92 Å². The Hall–Kier alpha value is -1.29. The standard InChI is InChI=1S/C17H28N4O3.HI/c1-14(22)18-7-3-8-19-17(21-12-15-6-11-23-13-15)20-9-5-16-4-2-10-24-16;/h2,4,10,15H,3,5-9,11-13H2,1H3,(H,18,22)(H2,19,20,21);1H. The molecule has 1 fully saturated rings. The number of guanidine groups is 1. The molecule has 1 aromatic heterocycles. The molecule has 1 atom stereocenters. The number of nitrogens with one attached hydrogen (secondary N) is 3. The van der Waals surface area contributed by atoms with E-state index in [0.717, 1.165) is 63.8 Å². The first-order chi connectivity index (χ1) is 11.7. The van der Waals surface area contributed by atoms with E-state index in [0.29, 0.717) is 12.5 Å². The van der Waals surface area contributed by atoms with E-state index in [2.05, 4.69) is 20.9 Å². The third kappa shape index (κ3) is 9.69. The molecular formula is C17H29IN4O3. The fourth-order valence-corrected chi connectivity index (χ4v) is 2.44. The molecule has 1 aromatic rings. The number of ether oxygens (including phenoxy) is 1. The summed E-state index contributed by atoms with van der Waals surface area (Å²) in [5, 5.41) is 9.44. The highest BCUT2D eigenvalue weighted by Gasteiger charge is 2.15. The van der Waals surface area contributed by atoms with Gasteiger partial charge in [0.15, 0.2) is 5.96 Å². The van der Waals surface area contributed by atoms with Crippen molar-refractivity contribution in [1.29, 1.82) is 0 Å². The number of hydrogen-bond donors (Lipinski definition) is 3. The van der Waals surface area contributed by atoms with Crippen LogP contribution in [-0.2, 0) is 16.0 Å². The average Bonchev–Trinajstić information content (AvgIpc) is 3.25. The summed E-state index contributed by atoms with van der Waals surface area (Å²) >= 11 is 0. The summed E-state index contributed by atoms with van der Waals surface area (Å²) in [6.45, 7) is 6.11. The van der Waals surface area contributed by atoms with Gasteiger partial charge in [0.2, 0.25) is 5.91 Å². The zero-order chi connectivity index (χ0) is 17.0. The second kappa shape index (κ2) is 13.0. The zero-order valence-corrected chi connectivity index (χ0v) is 17.1. The van der Waals surface area contributed by atoms with Gasteiger partial charge >= 0.3 is 0 Å². The number of aliphatic imine (C=N–C) groups is 1. The number of halogens is 1. The fourth-order valence-electron chi connectivity index (χ4n) is 2.44. The average molecular weight is 464 g/mol. The summed E-state index contributed by atoms with van der Waals surface area (Å²) in [7, 11) is 0. The van der Waals surface area contributed by atoms with Crippen molar-refractivity contribution in [3.05, 3.63) is 24.2 Å². The highest BCUT2D eigenvalue weighted by molar-refractivity contribution is 14.0. The number of rotatable bonds is 9. The maximum Gasteiger partial charge on any atom is 0.216 e. The monoisotopic (exact) mass is 464 g/mol. The van der Waals surface area contributed by atoms with Gasteiger partial charge < -0.3 is 25.1 Å². The Morgan fingerprint density at radius 2 is 2.08 bits per heavy atom. The maximum absolute atomic E-state index is 10.9. The van der Waals surface area contributed by atoms with Crippen molar-refractivity contribution in [2.45, 2.75) is 26.2 Å². The van der Waals surface area contributed by atoms with E-state index in [1.807, 2.05) is 12.1 Å². The molecular weight excluding hydrogens is 435 g/mol. The van der Waals surface area contributed by atoms with E-state index in [4.69, 9.17) is 9.15 Å². The van der Waals surface area contributed by atoms with Crippen LogP contribution in [0, 0.1) is 5.92 Å². The topological polar surface area (TPSA) is 87.9 Å². The van der Waals surface area contributed by atoms with E-state index in [9.17, 15) is 4.79 Å². The predicted octanol–water partition coefficient (Wildman–Crippen LogP) is 1.54. The molecule has 0 spiro atoms. The minimum absolute atomic E-state index is 0. The molecule has 25 heavy (non-hydrogen) atoms. The maximum atomic E-state index is 10.9. The van der Waals surface area contributed by atoms with Crippen molar-refractivity contribution < 1.29 is 13.9 Å². The summed E-state index contributed by atoms with van der Waals surface area (Å²) in [4.78, 5) is 15.5. The summed E-state index contributed by atoms with van der Waals surface area (Å²) in [5.41, 5.74) is 0. The van der Waals surface area contributed by atoms with Crippen molar-refractivity contribution in [2.24, 2.45) is 10.9 Å². The van der Waals surface area contributed by atoms with Gasteiger partial charge in [-0.3, -0.25) is 9.79 Å². The van der Waals surface area contributed by atoms with Gasteiger partial charge in [-0.25, -0.2) is 0 Å². The normalized spacial score (nSPS) is 17.0. The number of hydrogen-bond acceptors (Lipinski definition) is 4. The van der Waals surface area contributed by atoms with Crippen molar-refractivity contribution >= 4 is 35.8 Å². The van der Waals surface area contributed by atoms with Crippen LogP contribution in [0.2, 0.25) is 0 Å². The molecule has 1 unspecified atom stereocenters. The highest BCUT2D eigenvalue weighted by atomic mass is 127.